The van der Waals surface area contributed by atoms with E-state index < -0.39 is 0 Å². The Morgan fingerprint density at radius 3 is 2.68 bits per heavy atom. The van der Waals surface area contributed by atoms with E-state index in [1.165, 1.54) is 0 Å². The fourth-order valence-corrected chi connectivity index (χ4v) is 2.54. The van der Waals surface area contributed by atoms with Gasteiger partial charge in [-0.05, 0) is 45.0 Å². The summed E-state index contributed by atoms with van der Waals surface area (Å²) in [6.45, 7) is 6.14. The van der Waals surface area contributed by atoms with Gasteiger partial charge in [0.25, 0.3) is 0 Å². The second-order valence-corrected chi connectivity index (χ2v) is 6.24. The monoisotopic (exact) mass is 295 g/mol. The topological polar surface area (TPSA) is 38.6 Å². The molecule has 3 aromatic rings. The predicted octanol–water partition coefficient (Wildman–Crippen LogP) is 4.22. The quantitative estimate of drug-likeness (QED) is 0.786. The molecule has 0 saturated carbocycles. The third kappa shape index (κ3) is 2.77. The summed E-state index contributed by atoms with van der Waals surface area (Å²) >= 11 is 0. The van der Waals surface area contributed by atoms with Crippen LogP contribution in [-0.4, -0.2) is 22.0 Å². The minimum absolute atomic E-state index is 0.211. The molecule has 0 atom stereocenters. The zero-order valence-electron chi connectivity index (χ0n) is 13.4. The zero-order valence-corrected chi connectivity index (χ0v) is 13.4. The molecule has 22 heavy (non-hydrogen) atoms. The van der Waals surface area contributed by atoms with E-state index in [2.05, 4.69) is 26.8 Å². The van der Waals surface area contributed by atoms with Gasteiger partial charge in [-0.1, -0.05) is 6.07 Å². The van der Waals surface area contributed by atoms with Crippen LogP contribution in [0.15, 0.2) is 48.8 Å². The number of ether oxygens (including phenoxy) is 1. The van der Waals surface area contributed by atoms with Gasteiger partial charge in [0.05, 0.1) is 5.69 Å². The number of nitrogens with one attached hydrogen (secondary N) is 1. The number of benzene rings is 1. The van der Waals surface area contributed by atoms with Crippen molar-refractivity contribution in [1.82, 2.24) is 9.38 Å². The normalized spacial score (nSPS) is 11.6. The number of rotatable bonds is 3. The SMILES string of the molecule is CNc1cc(OC(C)(C)C)ccc1-c1cccc2nccn12. The van der Waals surface area contributed by atoms with E-state index in [4.69, 9.17) is 4.74 Å². The summed E-state index contributed by atoms with van der Waals surface area (Å²) in [5.41, 5.74) is 3.98. The first kappa shape index (κ1) is 14.4. The highest BCUT2D eigenvalue weighted by atomic mass is 16.5. The average Bonchev–Trinajstić information content (AvgIpc) is 2.94. The second kappa shape index (κ2) is 5.37. The molecule has 3 rings (SSSR count). The molecule has 1 aromatic carbocycles. The van der Waals surface area contributed by atoms with E-state index in [1.54, 1.807) is 0 Å². The second-order valence-electron chi connectivity index (χ2n) is 6.24. The molecule has 0 unspecified atom stereocenters. The van der Waals surface area contributed by atoms with Gasteiger partial charge < -0.3 is 10.1 Å². The van der Waals surface area contributed by atoms with Gasteiger partial charge in [0.1, 0.15) is 17.0 Å². The molecule has 4 heteroatoms. The molecular weight excluding hydrogens is 274 g/mol. The van der Waals surface area contributed by atoms with Crippen LogP contribution in [0.2, 0.25) is 0 Å². The molecule has 0 spiro atoms. The predicted molar refractivity (Wildman–Crippen MR) is 90.6 cm³/mol. The first-order valence-electron chi connectivity index (χ1n) is 7.41. The maximum absolute atomic E-state index is 5.95. The van der Waals surface area contributed by atoms with E-state index in [0.717, 1.165) is 28.3 Å². The lowest BCUT2D eigenvalue weighted by Gasteiger charge is -2.22. The van der Waals surface area contributed by atoms with Crippen LogP contribution in [0.5, 0.6) is 5.75 Å². The average molecular weight is 295 g/mol. The molecule has 1 N–H and O–H groups in total. The number of aromatic nitrogens is 2. The van der Waals surface area contributed by atoms with E-state index in [1.807, 2.05) is 64.5 Å². The van der Waals surface area contributed by atoms with Gasteiger partial charge in [-0.3, -0.25) is 4.40 Å². The largest absolute Gasteiger partial charge is 0.488 e. The third-order valence-electron chi connectivity index (χ3n) is 3.39. The highest BCUT2D eigenvalue weighted by Gasteiger charge is 2.14. The van der Waals surface area contributed by atoms with Crippen LogP contribution in [0, 0.1) is 0 Å². The Kier molecular flexibility index (Phi) is 3.53. The van der Waals surface area contributed by atoms with Gasteiger partial charge in [0.2, 0.25) is 0 Å². The Morgan fingerprint density at radius 2 is 1.95 bits per heavy atom. The number of pyridine rings is 1. The lowest BCUT2D eigenvalue weighted by molar-refractivity contribution is 0.131. The summed E-state index contributed by atoms with van der Waals surface area (Å²) in [6.07, 6.45) is 3.79. The lowest BCUT2D eigenvalue weighted by Crippen LogP contribution is -2.22. The number of nitrogens with zero attached hydrogens (tertiary/aromatic N) is 2. The number of anilines is 1. The summed E-state index contributed by atoms with van der Waals surface area (Å²) in [6, 6.07) is 12.3. The molecule has 0 fully saturated rings. The van der Waals surface area contributed by atoms with Gasteiger partial charge in [-0.15, -0.1) is 0 Å². The molecule has 2 aromatic heterocycles. The van der Waals surface area contributed by atoms with E-state index >= 15 is 0 Å². The molecule has 0 aliphatic heterocycles. The van der Waals surface area contributed by atoms with Crippen LogP contribution in [0.3, 0.4) is 0 Å². The van der Waals surface area contributed by atoms with E-state index in [0.29, 0.717) is 0 Å². The summed E-state index contributed by atoms with van der Waals surface area (Å²) in [5.74, 6) is 0.860. The van der Waals surface area contributed by atoms with Gasteiger partial charge in [-0.25, -0.2) is 4.98 Å². The van der Waals surface area contributed by atoms with Crippen molar-refractivity contribution < 1.29 is 4.74 Å². The molecular formula is C18H21N3O. The van der Waals surface area contributed by atoms with Crippen molar-refractivity contribution in [2.45, 2.75) is 26.4 Å². The van der Waals surface area contributed by atoms with Gasteiger partial charge in [-0.2, -0.15) is 0 Å². The van der Waals surface area contributed by atoms with Crippen LogP contribution in [0.1, 0.15) is 20.8 Å². The van der Waals surface area contributed by atoms with Gasteiger partial charge >= 0.3 is 0 Å². The molecule has 0 amide bonds. The van der Waals surface area contributed by atoms with Crippen molar-refractivity contribution in [1.29, 1.82) is 0 Å². The number of imidazole rings is 1. The Balaban J connectivity index is 2.09. The van der Waals surface area contributed by atoms with Crippen molar-refractivity contribution in [3.63, 3.8) is 0 Å². The van der Waals surface area contributed by atoms with Crippen molar-refractivity contribution in [2.75, 3.05) is 12.4 Å². The zero-order chi connectivity index (χ0) is 15.7. The number of fused-ring (bicyclic) bond motifs is 1. The van der Waals surface area contributed by atoms with Crippen LogP contribution >= 0.6 is 0 Å². The number of hydrogen-bond donors (Lipinski definition) is 1. The van der Waals surface area contributed by atoms with Crippen molar-refractivity contribution in [3.05, 3.63) is 48.8 Å². The highest BCUT2D eigenvalue weighted by Crippen LogP contribution is 2.32. The number of hydrogen-bond acceptors (Lipinski definition) is 3. The first-order valence-corrected chi connectivity index (χ1v) is 7.41. The van der Waals surface area contributed by atoms with Crippen LogP contribution < -0.4 is 10.1 Å². The molecule has 2 heterocycles. The van der Waals surface area contributed by atoms with Crippen molar-refractivity contribution in [3.8, 4) is 17.0 Å². The summed E-state index contributed by atoms with van der Waals surface area (Å²) < 4.78 is 8.03. The Hall–Kier alpha value is -2.49. The molecule has 0 saturated heterocycles. The highest BCUT2D eigenvalue weighted by molar-refractivity contribution is 5.78. The maximum atomic E-state index is 5.95. The smallest absolute Gasteiger partial charge is 0.137 e. The molecule has 0 aliphatic carbocycles. The standard InChI is InChI=1S/C18H21N3O/c1-18(2,3)22-13-8-9-14(15(12-13)19-4)16-6-5-7-17-20-10-11-21(16)17/h5-12,19H,1-4H3. The Labute approximate surface area is 130 Å². The minimum Gasteiger partial charge on any atom is -0.488 e. The summed E-state index contributed by atoms with van der Waals surface area (Å²) in [7, 11) is 1.92. The van der Waals surface area contributed by atoms with Gasteiger partial charge in [0, 0.05) is 36.8 Å². The lowest BCUT2D eigenvalue weighted by atomic mass is 10.1. The summed E-state index contributed by atoms with van der Waals surface area (Å²) in [4.78, 5) is 4.34. The maximum Gasteiger partial charge on any atom is 0.137 e. The van der Waals surface area contributed by atoms with Crippen LogP contribution in [-0.2, 0) is 0 Å². The molecule has 4 nitrogen and oxygen atoms in total. The fraction of sp³-hybridized carbons (Fsp3) is 0.278. The third-order valence-corrected chi connectivity index (χ3v) is 3.39. The van der Waals surface area contributed by atoms with Crippen molar-refractivity contribution >= 4 is 11.3 Å². The molecule has 0 radical (unpaired) electrons. The van der Waals surface area contributed by atoms with E-state index in [-0.39, 0.29) is 5.60 Å². The van der Waals surface area contributed by atoms with Gasteiger partial charge in [0.15, 0.2) is 0 Å². The Bertz CT molecular complexity index is 799. The van der Waals surface area contributed by atoms with Crippen LogP contribution in [0.25, 0.3) is 16.9 Å². The first-order chi connectivity index (χ1) is 10.5. The summed E-state index contributed by atoms with van der Waals surface area (Å²) in [5, 5.41) is 3.26. The molecule has 0 aliphatic rings. The Morgan fingerprint density at radius 1 is 1.14 bits per heavy atom. The van der Waals surface area contributed by atoms with Crippen LogP contribution in [0.4, 0.5) is 5.69 Å². The fourth-order valence-electron chi connectivity index (χ4n) is 2.54. The van der Waals surface area contributed by atoms with Crippen molar-refractivity contribution in [2.24, 2.45) is 0 Å². The molecule has 114 valence electrons. The molecule has 0 bridgehead atoms. The van der Waals surface area contributed by atoms with E-state index in [9.17, 15) is 0 Å². The minimum atomic E-state index is -0.211.